The Hall–Kier alpha value is -1.92. The van der Waals surface area contributed by atoms with Crippen LogP contribution in [-0.4, -0.2) is 86.4 Å². The van der Waals surface area contributed by atoms with Gasteiger partial charge in [-0.2, -0.15) is 0 Å². The molecule has 3 aliphatic heterocycles. The third kappa shape index (κ3) is 3.04. The molecule has 3 aliphatic rings. The highest BCUT2D eigenvalue weighted by Crippen LogP contribution is 2.27. The molecule has 25 heavy (non-hydrogen) atoms. The Labute approximate surface area is 149 Å². The predicted molar refractivity (Wildman–Crippen MR) is 97.1 cm³/mol. The quantitative estimate of drug-likeness (QED) is 0.767. The fourth-order valence-corrected chi connectivity index (χ4v) is 4.28. The maximum absolute atomic E-state index is 12.2. The number of amides is 2. The van der Waals surface area contributed by atoms with E-state index in [1.807, 2.05) is 12.1 Å². The van der Waals surface area contributed by atoms with E-state index in [0.29, 0.717) is 11.1 Å². The molecule has 1 aromatic carbocycles. The van der Waals surface area contributed by atoms with E-state index in [1.165, 1.54) is 31.0 Å². The third-order valence-electron chi connectivity index (χ3n) is 5.82. The number of imide groups is 1. The Morgan fingerprint density at radius 3 is 2.36 bits per heavy atom. The number of fused-ring (bicyclic) bond motifs is 1. The van der Waals surface area contributed by atoms with Crippen LogP contribution in [0.3, 0.4) is 0 Å². The molecule has 6 heteroatoms. The largest absolute Gasteiger partial charge is 0.369 e. The summed E-state index contributed by atoms with van der Waals surface area (Å²) in [7, 11) is 3.75. The number of likely N-dealkylation sites (tertiary alicyclic amines) is 1. The minimum atomic E-state index is -0.196. The van der Waals surface area contributed by atoms with E-state index in [-0.39, 0.29) is 11.8 Å². The van der Waals surface area contributed by atoms with Gasteiger partial charge in [0.05, 0.1) is 11.1 Å². The van der Waals surface area contributed by atoms with Crippen LogP contribution in [0.15, 0.2) is 18.2 Å². The standard InChI is InChI=1S/C19H26N4O2/c1-20-6-5-14(12-20)13-22-7-9-23(10-8-22)15-3-4-16-17(11-15)19(25)21(2)18(16)24/h3-4,11,14H,5-10,12-13H2,1-2H3/t14-/m1/s1. The third-order valence-corrected chi connectivity index (χ3v) is 5.82. The number of carbonyl (C=O) groups is 2. The van der Waals surface area contributed by atoms with Crippen LogP contribution >= 0.6 is 0 Å². The number of benzene rings is 1. The predicted octanol–water partition coefficient (Wildman–Crippen LogP) is 0.986. The van der Waals surface area contributed by atoms with E-state index >= 15 is 0 Å². The molecule has 134 valence electrons. The average molecular weight is 342 g/mol. The van der Waals surface area contributed by atoms with Gasteiger partial charge >= 0.3 is 0 Å². The lowest BCUT2D eigenvalue weighted by Crippen LogP contribution is -2.48. The molecule has 2 amide bonds. The number of hydrogen-bond acceptors (Lipinski definition) is 5. The second-order valence-electron chi connectivity index (χ2n) is 7.60. The highest BCUT2D eigenvalue weighted by Gasteiger charge is 2.33. The number of anilines is 1. The van der Waals surface area contributed by atoms with Crippen LogP contribution in [0.4, 0.5) is 5.69 Å². The molecule has 2 saturated heterocycles. The molecule has 0 aliphatic carbocycles. The van der Waals surface area contributed by atoms with E-state index in [1.54, 1.807) is 13.1 Å². The van der Waals surface area contributed by atoms with E-state index in [9.17, 15) is 9.59 Å². The molecule has 6 nitrogen and oxygen atoms in total. The molecule has 1 aromatic rings. The lowest BCUT2D eigenvalue weighted by molar-refractivity contribution is 0.0693. The molecule has 0 saturated carbocycles. The van der Waals surface area contributed by atoms with Crippen LogP contribution < -0.4 is 4.90 Å². The second kappa shape index (κ2) is 6.42. The Balaban J connectivity index is 1.39. The monoisotopic (exact) mass is 342 g/mol. The highest BCUT2D eigenvalue weighted by molar-refractivity contribution is 6.21. The molecule has 2 fully saturated rings. The zero-order valence-corrected chi connectivity index (χ0v) is 15.1. The molecule has 0 aromatic heterocycles. The lowest BCUT2D eigenvalue weighted by atomic mass is 10.1. The average Bonchev–Trinajstić information content (AvgIpc) is 3.12. The summed E-state index contributed by atoms with van der Waals surface area (Å²) >= 11 is 0. The molecule has 0 spiro atoms. The Morgan fingerprint density at radius 1 is 0.960 bits per heavy atom. The minimum absolute atomic E-state index is 0.189. The number of nitrogens with zero attached hydrogens (tertiary/aromatic N) is 4. The van der Waals surface area contributed by atoms with Crippen molar-refractivity contribution in [1.82, 2.24) is 14.7 Å². The van der Waals surface area contributed by atoms with Crippen LogP contribution in [0.1, 0.15) is 27.1 Å². The summed E-state index contributed by atoms with van der Waals surface area (Å²) in [5.41, 5.74) is 2.12. The maximum Gasteiger partial charge on any atom is 0.261 e. The van der Waals surface area contributed by atoms with Gasteiger partial charge in [-0.1, -0.05) is 0 Å². The zero-order chi connectivity index (χ0) is 17.6. The van der Waals surface area contributed by atoms with Crippen LogP contribution in [0.25, 0.3) is 0 Å². The van der Waals surface area contributed by atoms with Gasteiger partial charge in [0.1, 0.15) is 0 Å². The first-order valence-corrected chi connectivity index (χ1v) is 9.15. The summed E-state index contributed by atoms with van der Waals surface area (Å²) in [6, 6.07) is 5.67. The Bertz CT molecular complexity index is 697. The summed E-state index contributed by atoms with van der Waals surface area (Å²) in [5, 5.41) is 0. The van der Waals surface area contributed by atoms with Crippen molar-refractivity contribution >= 4 is 17.5 Å². The van der Waals surface area contributed by atoms with Crippen molar-refractivity contribution in [3.63, 3.8) is 0 Å². The molecule has 0 unspecified atom stereocenters. The topological polar surface area (TPSA) is 47.1 Å². The molecule has 0 N–H and O–H groups in total. The van der Waals surface area contributed by atoms with Crippen molar-refractivity contribution in [3.8, 4) is 0 Å². The number of hydrogen-bond donors (Lipinski definition) is 0. The Morgan fingerprint density at radius 2 is 1.68 bits per heavy atom. The number of carbonyl (C=O) groups excluding carboxylic acids is 2. The van der Waals surface area contributed by atoms with Gasteiger partial charge in [0.2, 0.25) is 0 Å². The van der Waals surface area contributed by atoms with Gasteiger partial charge < -0.3 is 9.80 Å². The van der Waals surface area contributed by atoms with E-state index in [0.717, 1.165) is 37.8 Å². The second-order valence-corrected chi connectivity index (χ2v) is 7.60. The van der Waals surface area contributed by atoms with Crippen molar-refractivity contribution in [2.45, 2.75) is 6.42 Å². The normalized spacial score (nSPS) is 25.1. The van der Waals surface area contributed by atoms with Crippen LogP contribution in [-0.2, 0) is 0 Å². The lowest BCUT2D eigenvalue weighted by Gasteiger charge is -2.37. The van der Waals surface area contributed by atoms with Crippen LogP contribution in [0.2, 0.25) is 0 Å². The highest BCUT2D eigenvalue weighted by atomic mass is 16.2. The SMILES string of the molecule is CN1CC[C@@H](CN2CCN(c3ccc4c(c3)C(=O)N(C)C4=O)CC2)C1. The molecule has 4 rings (SSSR count). The molecular formula is C19H26N4O2. The molecular weight excluding hydrogens is 316 g/mol. The van der Waals surface area contributed by atoms with Crippen LogP contribution in [0, 0.1) is 5.92 Å². The summed E-state index contributed by atoms with van der Waals surface area (Å²) in [4.78, 5) is 32.7. The summed E-state index contributed by atoms with van der Waals surface area (Å²) in [5.74, 6) is 0.416. The first-order chi connectivity index (χ1) is 12.0. The van der Waals surface area contributed by atoms with E-state index < -0.39 is 0 Å². The molecule has 0 bridgehead atoms. The van der Waals surface area contributed by atoms with Crippen molar-refractivity contribution in [3.05, 3.63) is 29.3 Å². The minimum Gasteiger partial charge on any atom is -0.369 e. The Kier molecular flexibility index (Phi) is 4.25. The van der Waals surface area contributed by atoms with Gasteiger partial charge in [0.25, 0.3) is 11.8 Å². The summed E-state index contributed by atoms with van der Waals surface area (Å²) in [6.07, 6.45) is 1.31. The fraction of sp³-hybridized carbons (Fsp3) is 0.579. The summed E-state index contributed by atoms with van der Waals surface area (Å²) < 4.78 is 0. The van der Waals surface area contributed by atoms with Gasteiger partial charge in [0, 0.05) is 52.0 Å². The van der Waals surface area contributed by atoms with Gasteiger partial charge in [-0.05, 0) is 44.1 Å². The zero-order valence-electron chi connectivity index (χ0n) is 15.1. The van der Waals surface area contributed by atoms with E-state index in [2.05, 4.69) is 21.7 Å². The first kappa shape index (κ1) is 16.5. The van der Waals surface area contributed by atoms with Crippen molar-refractivity contribution < 1.29 is 9.59 Å². The number of rotatable bonds is 3. The first-order valence-electron chi connectivity index (χ1n) is 9.15. The van der Waals surface area contributed by atoms with Crippen molar-refractivity contribution in [1.29, 1.82) is 0 Å². The maximum atomic E-state index is 12.2. The van der Waals surface area contributed by atoms with E-state index in [4.69, 9.17) is 0 Å². The van der Waals surface area contributed by atoms with Crippen LogP contribution in [0.5, 0.6) is 0 Å². The van der Waals surface area contributed by atoms with Gasteiger partial charge in [-0.3, -0.25) is 19.4 Å². The van der Waals surface area contributed by atoms with Crippen molar-refractivity contribution in [2.75, 3.05) is 64.8 Å². The van der Waals surface area contributed by atoms with Crippen molar-refractivity contribution in [2.24, 2.45) is 5.92 Å². The number of piperazine rings is 1. The summed E-state index contributed by atoms with van der Waals surface area (Å²) in [6.45, 7) is 7.70. The van der Waals surface area contributed by atoms with Gasteiger partial charge in [-0.15, -0.1) is 0 Å². The molecule has 1 atom stereocenters. The molecule has 0 radical (unpaired) electrons. The van der Waals surface area contributed by atoms with Gasteiger partial charge in [0.15, 0.2) is 0 Å². The van der Waals surface area contributed by atoms with Gasteiger partial charge in [-0.25, -0.2) is 0 Å². The smallest absolute Gasteiger partial charge is 0.261 e. The molecule has 3 heterocycles. The fourth-order valence-electron chi connectivity index (χ4n) is 4.28.